The van der Waals surface area contributed by atoms with Gasteiger partial charge in [-0.05, 0) is 38.0 Å². The Morgan fingerprint density at radius 1 is 1.39 bits per heavy atom. The van der Waals surface area contributed by atoms with E-state index in [0.717, 1.165) is 28.6 Å². The fourth-order valence-corrected chi connectivity index (χ4v) is 2.00. The minimum absolute atomic E-state index is 0.0681. The van der Waals surface area contributed by atoms with Crippen molar-refractivity contribution in [3.05, 3.63) is 29.3 Å². The van der Waals surface area contributed by atoms with Crippen LogP contribution in [0.3, 0.4) is 0 Å². The zero-order valence-electron chi connectivity index (χ0n) is 10.7. The van der Waals surface area contributed by atoms with E-state index in [0.29, 0.717) is 0 Å². The van der Waals surface area contributed by atoms with Gasteiger partial charge in [0.15, 0.2) is 0 Å². The molecule has 0 saturated heterocycles. The van der Waals surface area contributed by atoms with Crippen molar-refractivity contribution in [1.82, 2.24) is 0 Å². The largest absolute Gasteiger partial charge is 0.481 e. The highest BCUT2D eigenvalue weighted by Crippen LogP contribution is 2.20. The first kappa shape index (κ1) is 14.6. The van der Waals surface area contributed by atoms with E-state index in [-0.39, 0.29) is 16.9 Å². The smallest absolute Gasteiger partial charge is 0.313 e. The van der Waals surface area contributed by atoms with E-state index in [2.05, 4.69) is 5.32 Å². The van der Waals surface area contributed by atoms with Crippen LogP contribution in [0.1, 0.15) is 18.1 Å². The van der Waals surface area contributed by atoms with Gasteiger partial charge in [-0.2, -0.15) is 0 Å². The summed E-state index contributed by atoms with van der Waals surface area (Å²) in [6, 6.07) is 5.70. The first-order valence-corrected chi connectivity index (χ1v) is 6.67. The second-order valence-electron chi connectivity index (χ2n) is 4.08. The first-order chi connectivity index (χ1) is 8.41. The van der Waals surface area contributed by atoms with Crippen molar-refractivity contribution < 1.29 is 14.7 Å². The molecule has 1 aromatic carbocycles. The first-order valence-electron chi connectivity index (χ1n) is 5.62. The number of aliphatic carboxylic acids is 1. The third-order valence-electron chi connectivity index (χ3n) is 2.69. The lowest BCUT2D eigenvalue weighted by Crippen LogP contribution is -2.24. The Morgan fingerprint density at radius 3 is 2.67 bits per heavy atom. The van der Waals surface area contributed by atoms with Crippen molar-refractivity contribution in [2.45, 2.75) is 26.0 Å². The summed E-state index contributed by atoms with van der Waals surface area (Å²) >= 11 is 1.11. The molecular weight excluding hydrogens is 250 g/mol. The van der Waals surface area contributed by atoms with Gasteiger partial charge in [0.05, 0.1) is 11.0 Å². The molecule has 0 spiro atoms. The number of carbonyl (C=O) groups is 2. The molecule has 1 atom stereocenters. The Balaban J connectivity index is 2.64. The van der Waals surface area contributed by atoms with Crippen LogP contribution in [-0.2, 0) is 9.59 Å². The molecule has 0 aliphatic heterocycles. The van der Waals surface area contributed by atoms with Crippen LogP contribution in [0, 0.1) is 13.8 Å². The Morgan fingerprint density at radius 2 is 2.06 bits per heavy atom. The van der Waals surface area contributed by atoms with Gasteiger partial charge in [-0.1, -0.05) is 12.1 Å². The summed E-state index contributed by atoms with van der Waals surface area (Å²) in [5.41, 5.74) is 2.92. The highest BCUT2D eigenvalue weighted by molar-refractivity contribution is 8.01. The Labute approximate surface area is 111 Å². The Bertz CT molecular complexity index is 460. The molecule has 1 aromatic rings. The summed E-state index contributed by atoms with van der Waals surface area (Å²) in [6.45, 7) is 5.63. The number of amides is 1. The molecule has 0 fully saturated rings. The molecule has 1 unspecified atom stereocenters. The molecule has 0 aliphatic carbocycles. The van der Waals surface area contributed by atoms with Crippen LogP contribution in [0.4, 0.5) is 5.69 Å². The minimum Gasteiger partial charge on any atom is -0.481 e. The number of hydrogen-bond acceptors (Lipinski definition) is 3. The van der Waals surface area contributed by atoms with Gasteiger partial charge in [-0.15, -0.1) is 11.8 Å². The summed E-state index contributed by atoms with van der Waals surface area (Å²) < 4.78 is 0. The third-order valence-corrected chi connectivity index (χ3v) is 3.82. The number of nitrogens with one attached hydrogen (secondary N) is 1. The number of carboxylic acids is 1. The van der Waals surface area contributed by atoms with Gasteiger partial charge in [0.1, 0.15) is 0 Å². The number of carboxylic acid groups (broad SMARTS) is 1. The van der Waals surface area contributed by atoms with Gasteiger partial charge in [-0.25, -0.2) is 0 Å². The topological polar surface area (TPSA) is 66.4 Å². The number of benzene rings is 1. The molecule has 18 heavy (non-hydrogen) atoms. The maximum Gasteiger partial charge on any atom is 0.313 e. The standard InChI is InChI=1S/C13H17NO3S/c1-8-5-4-6-11(9(8)2)14-13(17)10(3)18-7-12(15)16/h4-6,10H,7H2,1-3H3,(H,14,17)(H,15,16). The summed E-state index contributed by atoms with van der Waals surface area (Å²) in [4.78, 5) is 22.3. The Kier molecular flexibility index (Phi) is 5.22. The van der Waals surface area contributed by atoms with Crippen molar-refractivity contribution >= 4 is 29.3 Å². The van der Waals surface area contributed by atoms with Crippen molar-refractivity contribution in [1.29, 1.82) is 0 Å². The van der Waals surface area contributed by atoms with Crippen LogP contribution in [0.15, 0.2) is 18.2 Å². The number of aryl methyl sites for hydroxylation is 1. The predicted molar refractivity (Wildman–Crippen MR) is 74.1 cm³/mol. The summed E-state index contributed by atoms with van der Waals surface area (Å²) in [5.74, 6) is -1.15. The molecule has 0 aliphatic rings. The third kappa shape index (κ3) is 4.07. The van der Waals surface area contributed by atoms with Crippen molar-refractivity contribution in [3.8, 4) is 0 Å². The number of thioether (sulfide) groups is 1. The van der Waals surface area contributed by atoms with Crippen LogP contribution in [0.25, 0.3) is 0 Å². The quantitative estimate of drug-likeness (QED) is 0.860. The van der Waals surface area contributed by atoms with E-state index in [4.69, 9.17) is 5.11 Å². The lowest BCUT2D eigenvalue weighted by Gasteiger charge is -2.13. The zero-order chi connectivity index (χ0) is 13.7. The van der Waals surface area contributed by atoms with E-state index >= 15 is 0 Å². The lowest BCUT2D eigenvalue weighted by atomic mass is 10.1. The van der Waals surface area contributed by atoms with Crippen molar-refractivity contribution in [3.63, 3.8) is 0 Å². The summed E-state index contributed by atoms with van der Waals surface area (Å²) in [5, 5.41) is 11.0. The highest BCUT2D eigenvalue weighted by atomic mass is 32.2. The van der Waals surface area contributed by atoms with E-state index < -0.39 is 5.97 Å². The molecule has 4 nitrogen and oxygen atoms in total. The van der Waals surface area contributed by atoms with Crippen molar-refractivity contribution in [2.75, 3.05) is 11.1 Å². The van der Waals surface area contributed by atoms with Gasteiger partial charge in [0.25, 0.3) is 0 Å². The van der Waals surface area contributed by atoms with Gasteiger partial charge >= 0.3 is 5.97 Å². The van der Waals surface area contributed by atoms with Crippen LogP contribution >= 0.6 is 11.8 Å². The fourth-order valence-electron chi connectivity index (χ4n) is 1.39. The van der Waals surface area contributed by atoms with Crippen LogP contribution < -0.4 is 5.32 Å². The number of hydrogen-bond donors (Lipinski definition) is 2. The van der Waals surface area contributed by atoms with Gasteiger partial charge in [-0.3, -0.25) is 9.59 Å². The highest BCUT2D eigenvalue weighted by Gasteiger charge is 2.15. The average Bonchev–Trinajstić information content (AvgIpc) is 2.31. The fraction of sp³-hybridized carbons (Fsp3) is 0.385. The predicted octanol–water partition coefficient (Wildman–Crippen LogP) is 2.45. The molecule has 1 amide bonds. The number of rotatable bonds is 5. The molecular formula is C13H17NO3S. The number of anilines is 1. The maximum absolute atomic E-state index is 11.9. The van der Waals surface area contributed by atoms with E-state index in [1.165, 1.54) is 0 Å². The Hall–Kier alpha value is -1.49. The molecule has 0 saturated carbocycles. The monoisotopic (exact) mass is 267 g/mol. The summed E-state index contributed by atoms with van der Waals surface area (Å²) in [6.07, 6.45) is 0. The molecule has 1 rings (SSSR count). The van der Waals surface area contributed by atoms with Gasteiger partial charge < -0.3 is 10.4 Å². The average molecular weight is 267 g/mol. The molecule has 5 heteroatoms. The van der Waals surface area contributed by atoms with E-state index in [1.807, 2.05) is 32.0 Å². The van der Waals surface area contributed by atoms with Crippen LogP contribution in [0.5, 0.6) is 0 Å². The summed E-state index contributed by atoms with van der Waals surface area (Å²) in [7, 11) is 0. The molecule has 0 heterocycles. The van der Waals surface area contributed by atoms with E-state index in [1.54, 1.807) is 6.92 Å². The lowest BCUT2D eigenvalue weighted by molar-refractivity contribution is -0.133. The second-order valence-corrected chi connectivity index (χ2v) is 5.41. The van der Waals surface area contributed by atoms with Gasteiger partial charge in [0, 0.05) is 5.69 Å². The normalized spacial score (nSPS) is 11.9. The second kappa shape index (κ2) is 6.44. The molecule has 98 valence electrons. The SMILES string of the molecule is Cc1cccc(NC(=O)C(C)SCC(=O)O)c1C. The zero-order valence-corrected chi connectivity index (χ0v) is 11.5. The maximum atomic E-state index is 11.9. The minimum atomic E-state index is -0.911. The molecule has 2 N–H and O–H groups in total. The molecule has 0 bridgehead atoms. The van der Waals surface area contributed by atoms with Crippen LogP contribution in [0.2, 0.25) is 0 Å². The van der Waals surface area contributed by atoms with E-state index in [9.17, 15) is 9.59 Å². The molecule has 0 radical (unpaired) electrons. The molecule has 0 aromatic heterocycles. The number of carbonyl (C=O) groups excluding carboxylic acids is 1. The van der Waals surface area contributed by atoms with Crippen molar-refractivity contribution in [2.24, 2.45) is 0 Å². The van der Waals surface area contributed by atoms with Gasteiger partial charge in [0.2, 0.25) is 5.91 Å². The van der Waals surface area contributed by atoms with Crippen LogP contribution in [-0.4, -0.2) is 28.0 Å².